The molecule has 0 atom stereocenters. The molecule has 0 aliphatic rings. The predicted octanol–water partition coefficient (Wildman–Crippen LogP) is 2.19. The largest absolute Gasteiger partial charge is 0.507 e. The van der Waals surface area contributed by atoms with Crippen LogP contribution in [-0.2, 0) is 0 Å². The molecule has 2 aromatic carbocycles. The fourth-order valence-electron chi connectivity index (χ4n) is 1.72. The highest BCUT2D eigenvalue weighted by Crippen LogP contribution is 2.24. The average molecular weight is 291 g/mol. The monoisotopic (exact) mass is 291 g/mol. The summed E-state index contributed by atoms with van der Waals surface area (Å²) in [6.45, 7) is 0. The molecule has 0 heterocycles. The van der Waals surface area contributed by atoms with Crippen LogP contribution in [0.15, 0.2) is 36.4 Å². The number of halogens is 1. The fourth-order valence-corrected chi connectivity index (χ4v) is 1.72. The Kier molecular flexibility index (Phi) is 3.75. The smallest absolute Gasteiger partial charge is 0.339 e. The van der Waals surface area contributed by atoms with Gasteiger partial charge in [-0.15, -0.1) is 0 Å². The average Bonchev–Trinajstić information content (AvgIpc) is 2.40. The Balaban J connectivity index is 2.32. The van der Waals surface area contributed by atoms with Crippen molar-refractivity contribution >= 4 is 17.6 Å². The van der Waals surface area contributed by atoms with Gasteiger partial charge in [-0.1, -0.05) is 6.07 Å². The lowest BCUT2D eigenvalue weighted by atomic mass is 10.1. The van der Waals surface area contributed by atoms with E-state index in [-0.39, 0.29) is 5.69 Å². The van der Waals surface area contributed by atoms with E-state index >= 15 is 0 Å². The van der Waals surface area contributed by atoms with Crippen molar-refractivity contribution in [3.05, 3.63) is 53.3 Å². The Morgan fingerprint density at radius 1 is 1.05 bits per heavy atom. The van der Waals surface area contributed by atoms with Crippen LogP contribution in [0.4, 0.5) is 10.1 Å². The zero-order valence-electron chi connectivity index (χ0n) is 10.5. The van der Waals surface area contributed by atoms with E-state index in [1.807, 2.05) is 0 Å². The molecule has 0 spiro atoms. The van der Waals surface area contributed by atoms with E-state index in [0.29, 0.717) is 0 Å². The lowest BCUT2D eigenvalue weighted by molar-refractivity contribution is 0.0693. The lowest BCUT2D eigenvalue weighted by Gasteiger charge is -2.09. The maximum absolute atomic E-state index is 13.5. The third-order valence-corrected chi connectivity index (χ3v) is 2.70. The number of aromatic carboxylic acids is 1. The zero-order valence-corrected chi connectivity index (χ0v) is 10.5. The van der Waals surface area contributed by atoms with Gasteiger partial charge in [0.1, 0.15) is 28.4 Å². The summed E-state index contributed by atoms with van der Waals surface area (Å²) in [5.41, 5.74) is -0.925. The molecule has 4 N–H and O–H groups in total. The van der Waals surface area contributed by atoms with Crippen LogP contribution in [0.1, 0.15) is 20.7 Å². The van der Waals surface area contributed by atoms with Gasteiger partial charge in [0.05, 0.1) is 0 Å². The van der Waals surface area contributed by atoms with Crippen molar-refractivity contribution in [3.8, 4) is 11.5 Å². The van der Waals surface area contributed by atoms with Crippen molar-refractivity contribution in [2.24, 2.45) is 0 Å². The number of aromatic hydroxyl groups is 2. The Labute approximate surface area is 118 Å². The standard InChI is InChI=1S/C14H10FNO5/c15-9-2-1-3-11(18)12(9)13(19)16-7-4-5-10(17)8(6-7)14(20)21/h1-6,17-18H,(H,16,19)(H,20,21). The van der Waals surface area contributed by atoms with Gasteiger partial charge in [0.2, 0.25) is 0 Å². The molecule has 0 unspecified atom stereocenters. The minimum Gasteiger partial charge on any atom is -0.507 e. The van der Waals surface area contributed by atoms with Crippen molar-refractivity contribution in [2.75, 3.05) is 5.32 Å². The van der Waals surface area contributed by atoms with E-state index in [1.54, 1.807) is 0 Å². The molecule has 2 rings (SSSR count). The van der Waals surface area contributed by atoms with Gasteiger partial charge in [0.25, 0.3) is 5.91 Å². The first kappa shape index (κ1) is 14.3. The normalized spacial score (nSPS) is 10.1. The number of amides is 1. The SMILES string of the molecule is O=C(O)c1cc(NC(=O)c2c(O)cccc2F)ccc1O. The van der Waals surface area contributed by atoms with Crippen molar-refractivity contribution < 1.29 is 29.3 Å². The van der Waals surface area contributed by atoms with Gasteiger partial charge < -0.3 is 20.6 Å². The Hall–Kier alpha value is -3.09. The number of carbonyl (C=O) groups is 2. The Bertz CT molecular complexity index is 709. The molecule has 0 saturated carbocycles. The van der Waals surface area contributed by atoms with Crippen LogP contribution >= 0.6 is 0 Å². The van der Waals surface area contributed by atoms with Crippen molar-refractivity contribution in [3.63, 3.8) is 0 Å². The Morgan fingerprint density at radius 2 is 1.76 bits per heavy atom. The maximum Gasteiger partial charge on any atom is 0.339 e. The molecule has 108 valence electrons. The van der Waals surface area contributed by atoms with Crippen LogP contribution in [-0.4, -0.2) is 27.2 Å². The number of carboxylic acid groups (broad SMARTS) is 1. The summed E-state index contributed by atoms with van der Waals surface area (Å²) < 4.78 is 13.5. The third kappa shape index (κ3) is 2.92. The third-order valence-electron chi connectivity index (χ3n) is 2.70. The van der Waals surface area contributed by atoms with E-state index in [0.717, 1.165) is 24.3 Å². The van der Waals surface area contributed by atoms with Crippen LogP contribution in [0.2, 0.25) is 0 Å². The molecule has 0 aliphatic heterocycles. The highest BCUT2D eigenvalue weighted by atomic mass is 19.1. The highest BCUT2D eigenvalue weighted by Gasteiger charge is 2.18. The summed E-state index contributed by atoms with van der Waals surface area (Å²) in [7, 11) is 0. The van der Waals surface area contributed by atoms with Gasteiger partial charge in [-0.25, -0.2) is 9.18 Å². The molecule has 6 nitrogen and oxygen atoms in total. The number of carbonyl (C=O) groups excluding carboxylic acids is 1. The van der Waals surface area contributed by atoms with Crippen LogP contribution < -0.4 is 5.32 Å². The summed E-state index contributed by atoms with van der Waals surface area (Å²) in [5.74, 6) is -4.23. The van der Waals surface area contributed by atoms with Crippen molar-refractivity contribution in [1.82, 2.24) is 0 Å². The number of hydrogen-bond acceptors (Lipinski definition) is 4. The molecule has 0 aliphatic carbocycles. The van der Waals surface area contributed by atoms with E-state index in [9.17, 15) is 24.2 Å². The van der Waals surface area contributed by atoms with Gasteiger partial charge in [0.15, 0.2) is 0 Å². The molecule has 7 heteroatoms. The van der Waals surface area contributed by atoms with Gasteiger partial charge in [-0.3, -0.25) is 4.79 Å². The summed E-state index contributed by atoms with van der Waals surface area (Å²) in [6, 6.07) is 6.75. The minimum absolute atomic E-state index is 0.0397. The molecule has 0 aromatic heterocycles. The summed E-state index contributed by atoms with van der Waals surface area (Å²) in [5, 5.41) is 29.9. The topological polar surface area (TPSA) is 107 Å². The van der Waals surface area contributed by atoms with Gasteiger partial charge in [-0.05, 0) is 30.3 Å². The quantitative estimate of drug-likeness (QED) is 0.648. The lowest BCUT2D eigenvalue weighted by Crippen LogP contribution is -2.14. The second kappa shape index (κ2) is 5.49. The zero-order chi connectivity index (χ0) is 15.6. The second-order valence-electron chi connectivity index (χ2n) is 4.13. The predicted molar refractivity (Wildman–Crippen MR) is 71.1 cm³/mol. The van der Waals surface area contributed by atoms with Crippen LogP contribution in [0, 0.1) is 5.82 Å². The molecule has 0 fully saturated rings. The number of rotatable bonds is 3. The van der Waals surface area contributed by atoms with Crippen molar-refractivity contribution in [1.29, 1.82) is 0 Å². The second-order valence-corrected chi connectivity index (χ2v) is 4.13. The summed E-state index contributed by atoms with van der Waals surface area (Å²) in [4.78, 5) is 22.8. The highest BCUT2D eigenvalue weighted by molar-refractivity contribution is 6.06. The van der Waals surface area contributed by atoms with E-state index < -0.39 is 40.3 Å². The summed E-state index contributed by atoms with van der Waals surface area (Å²) in [6.07, 6.45) is 0. The van der Waals surface area contributed by atoms with Gasteiger partial charge in [-0.2, -0.15) is 0 Å². The Morgan fingerprint density at radius 3 is 2.38 bits per heavy atom. The number of benzene rings is 2. The number of anilines is 1. The molecule has 1 amide bonds. The molecule has 0 saturated heterocycles. The summed E-state index contributed by atoms with van der Waals surface area (Å²) >= 11 is 0. The van der Waals surface area contributed by atoms with Gasteiger partial charge >= 0.3 is 5.97 Å². The number of nitrogens with one attached hydrogen (secondary N) is 1. The molecule has 0 radical (unpaired) electrons. The fraction of sp³-hybridized carbons (Fsp3) is 0. The van der Waals surface area contributed by atoms with E-state index in [4.69, 9.17) is 5.11 Å². The number of hydrogen-bond donors (Lipinski definition) is 4. The number of phenolic OH excluding ortho intramolecular Hbond substituents is 1. The molecular formula is C14H10FNO5. The molecule has 0 bridgehead atoms. The van der Waals surface area contributed by atoms with Crippen LogP contribution in [0.3, 0.4) is 0 Å². The molecular weight excluding hydrogens is 281 g/mol. The first-order chi connectivity index (χ1) is 9.90. The van der Waals surface area contributed by atoms with Crippen LogP contribution in [0.5, 0.6) is 11.5 Å². The van der Waals surface area contributed by atoms with Gasteiger partial charge in [0, 0.05) is 5.69 Å². The number of carboxylic acids is 1. The first-order valence-corrected chi connectivity index (χ1v) is 5.75. The maximum atomic E-state index is 13.5. The minimum atomic E-state index is -1.38. The van der Waals surface area contributed by atoms with Crippen molar-refractivity contribution in [2.45, 2.75) is 0 Å². The molecule has 2 aromatic rings. The molecule has 21 heavy (non-hydrogen) atoms. The van der Waals surface area contributed by atoms with Crippen LogP contribution in [0.25, 0.3) is 0 Å². The number of phenols is 2. The van der Waals surface area contributed by atoms with E-state index in [1.165, 1.54) is 12.1 Å². The first-order valence-electron chi connectivity index (χ1n) is 5.75. The van der Waals surface area contributed by atoms with E-state index in [2.05, 4.69) is 5.32 Å².